The van der Waals surface area contributed by atoms with Crippen LogP contribution < -0.4 is 15.5 Å². The average molecular weight is 343 g/mol. The number of nitrogens with zero attached hydrogens (tertiary/aromatic N) is 3. The molecule has 1 aliphatic rings. The summed E-state index contributed by atoms with van der Waals surface area (Å²) in [5, 5.41) is 9.33. The van der Waals surface area contributed by atoms with E-state index in [-0.39, 0.29) is 12.1 Å². The maximum Gasteiger partial charge on any atom is 0.321 e. The Morgan fingerprint density at radius 3 is 2.60 bits per heavy atom. The van der Waals surface area contributed by atoms with E-state index in [2.05, 4.69) is 49.9 Å². The van der Waals surface area contributed by atoms with Gasteiger partial charge < -0.3 is 14.7 Å². The topological polar surface area (TPSA) is 73.6 Å². The number of aromatic nitrogens is 1. The fourth-order valence-electron chi connectivity index (χ4n) is 3.05. The number of urea groups is 1. The number of hydrogen-bond donors (Lipinski definition) is 2. The summed E-state index contributed by atoms with van der Waals surface area (Å²) >= 11 is 0. The highest BCUT2D eigenvalue weighted by Gasteiger charge is 2.19. The van der Waals surface area contributed by atoms with Crippen molar-refractivity contribution in [3.63, 3.8) is 0 Å². The molecule has 2 N–H and O–H groups in total. The van der Waals surface area contributed by atoms with E-state index in [9.17, 15) is 4.79 Å². The van der Waals surface area contributed by atoms with Crippen LogP contribution in [0.25, 0.3) is 0 Å². The summed E-state index contributed by atoms with van der Waals surface area (Å²) in [6, 6.07) is 11.9. The molecule has 2 amide bonds. The molecule has 0 saturated carbocycles. The van der Waals surface area contributed by atoms with Crippen LogP contribution >= 0.6 is 0 Å². The number of benzene rings is 1. The Balaban J connectivity index is 1.40. The maximum absolute atomic E-state index is 12.0. The van der Waals surface area contributed by atoms with Gasteiger partial charge in [-0.1, -0.05) is 23.4 Å². The molecule has 0 radical (unpaired) electrons. The smallest absolute Gasteiger partial charge is 0.321 e. The zero-order chi connectivity index (χ0) is 17.6. The van der Waals surface area contributed by atoms with Gasteiger partial charge in [-0.25, -0.2) is 4.79 Å². The minimum Gasteiger partial charge on any atom is -0.369 e. The first-order valence-electron chi connectivity index (χ1n) is 8.63. The highest BCUT2D eigenvalue weighted by molar-refractivity contribution is 5.87. The van der Waals surface area contributed by atoms with Crippen LogP contribution in [0.3, 0.4) is 0 Å². The van der Waals surface area contributed by atoms with Crippen LogP contribution in [-0.4, -0.2) is 54.9 Å². The first kappa shape index (κ1) is 17.3. The van der Waals surface area contributed by atoms with E-state index in [1.807, 2.05) is 19.9 Å². The van der Waals surface area contributed by atoms with Gasteiger partial charge in [0.25, 0.3) is 0 Å². The van der Waals surface area contributed by atoms with Crippen LogP contribution in [0.1, 0.15) is 12.6 Å². The average Bonchev–Trinajstić information content (AvgIpc) is 3.01. The Morgan fingerprint density at radius 2 is 1.96 bits per heavy atom. The molecular weight excluding hydrogens is 318 g/mol. The number of piperazine rings is 1. The molecule has 0 aliphatic carbocycles. The third-order valence-corrected chi connectivity index (χ3v) is 4.27. The van der Waals surface area contributed by atoms with Crippen molar-refractivity contribution in [1.82, 2.24) is 15.4 Å². The number of carbonyl (C=O) groups is 1. The number of anilines is 2. The largest absolute Gasteiger partial charge is 0.369 e. The van der Waals surface area contributed by atoms with Crippen molar-refractivity contribution in [2.45, 2.75) is 19.9 Å². The van der Waals surface area contributed by atoms with Gasteiger partial charge in [0.05, 0.1) is 5.69 Å². The van der Waals surface area contributed by atoms with E-state index in [0.717, 1.165) is 38.4 Å². The Kier molecular flexibility index (Phi) is 5.55. The van der Waals surface area contributed by atoms with Gasteiger partial charge in [0.15, 0.2) is 0 Å². The predicted molar refractivity (Wildman–Crippen MR) is 98.0 cm³/mol. The molecule has 25 heavy (non-hydrogen) atoms. The van der Waals surface area contributed by atoms with Crippen molar-refractivity contribution in [2.75, 3.05) is 42.9 Å². The number of hydrogen-bond acceptors (Lipinski definition) is 5. The summed E-state index contributed by atoms with van der Waals surface area (Å²) in [5.74, 6) is 0.360. The second kappa shape index (κ2) is 8.02. The van der Waals surface area contributed by atoms with Crippen molar-refractivity contribution in [1.29, 1.82) is 0 Å². The molecule has 7 heteroatoms. The zero-order valence-corrected chi connectivity index (χ0v) is 14.7. The van der Waals surface area contributed by atoms with E-state index >= 15 is 0 Å². The number of rotatable bonds is 5. The maximum atomic E-state index is 12.0. The van der Waals surface area contributed by atoms with Gasteiger partial charge in [-0.2, -0.15) is 0 Å². The van der Waals surface area contributed by atoms with Gasteiger partial charge in [-0.3, -0.25) is 10.2 Å². The molecule has 7 nitrogen and oxygen atoms in total. The first-order valence-corrected chi connectivity index (χ1v) is 8.63. The lowest BCUT2D eigenvalue weighted by molar-refractivity contribution is 0.224. The number of para-hydroxylation sites is 1. The van der Waals surface area contributed by atoms with Gasteiger partial charge in [-0.05, 0) is 26.0 Å². The molecule has 1 fully saturated rings. The zero-order valence-electron chi connectivity index (χ0n) is 14.7. The van der Waals surface area contributed by atoms with Crippen LogP contribution in [0.15, 0.2) is 40.9 Å². The summed E-state index contributed by atoms with van der Waals surface area (Å²) < 4.78 is 4.98. The third-order valence-electron chi connectivity index (χ3n) is 4.27. The standard InChI is InChI=1S/C18H25N5O2/c1-14-12-17(25-21-14)20-18(24)19-15(2)13-22-8-10-23(11-9-22)16-6-4-3-5-7-16/h3-7,12,15H,8-11,13H2,1-2H3,(H2,19,20,24)/t15-/m1/s1. The lowest BCUT2D eigenvalue weighted by atomic mass is 10.2. The van der Waals surface area contributed by atoms with E-state index in [1.54, 1.807) is 6.07 Å². The molecule has 3 rings (SSSR count). The Morgan fingerprint density at radius 1 is 1.24 bits per heavy atom. The van der Waals surface area contributed by atoms with Crippen molar-refractivity contribution < 1.29 is 9.32 Å². The summed E-state index contributed by atoms with van der Waals surface area (Å²) in [6.45, 7) is 8.62. The Bertz CT molecular complexity index is 680. The number of nitrogens with one attached hydrogen (secondary N) is 2. The first-order chi connectivity index (χ1) is 12.1. The highest BCUT2D eigenvalue weighted by Crippen LogP contribution is 2.15. The van der Waals surface area contributed by atoms with Crippen LogP contribution in [0.4, 0.5) is 16.4 Å². The minimum atomic E-state index is -0.272. The molecule has 1 aliphatic heterocycles. The van der Waals surface area contributed by atoms with Gasteiger partial charge in [0.1, 0.15) is 0 Å². The molecule has 0 unspecified atom stereocenters. The molecule has 1 saturated heterocycles. The van der Waals surface area contributed by atoms with E-state index in [4.69, 9.17) is 4.52 Å². The van der Waals surface area contributed by atoms with Crippen LogP contribution in [-0.2, 0) is 0 Å². The Labute approximate surface area is 148 Å². The Hall–Kier alpha value is -2.54. The van der Waals surface area contributed by atoms with Gasteiger partial charge in [0, 0.05) is 50.5 Å². The number of carbonyl (C=O) groups excluding carboxylic acids is 1. The second-order valence-corrected chi connectivity index (χ2v) is 6.46. The van der Waals surface area contributed by atoms with E-state index in [0.29, 0.717) is 5.88 Å². The minimum absolute atomic E-state index is 0.0484. The second-order valence-electron chi connectivity index (χ2n) is 6.46. The van der Waals surface area contributed by atoms with Gasteiger partial charge in [-0.15, -0.1) is 0 Å². The summed E-state index contributed by atoms with van der Waals surface area (Å²) in [7, 11) is 0. The molecule has 0 spiro atoms. The number of aryl methyl sites for hydroxylation is 1. The summed E-state index contributed by atoms with van der Waals surface area (Å²) in [5.41, 5.74) is 2.01. The van der Waals surface area contributed by atoms with Crippen molar-refractivity contribution in [2.24, 2.45) is 0 Å². The molecule has 1 aromatic heterocycles. The molecule has 2 aromatic rings. The summed E-state index contributed by atoms with van der Waals surface area (Å²) in [4.78, 5) is 16.7. The lowest BCUT2D eigenvalue weighted by Gasteiger charge is -2.37. The molecule has 0 bridgehead atoms. The normalized spacial score (nSPS) is 16.5. The van der Waals surface area contributed by atoms with Crippen LogP contribution in [0, 0.1) is 6.92 Å². The fraction of sp³-hybridized carbons (Fsp3) is 0.444. The quantitative estimate of drug-likeness (QED) is 0.871. The van der Waals surface area contributed by atoms with Crippen molar-refractivity contribution in [3.8, 4) is 0 Å². The van der Waals surface area contributed by atoms with Crippen molar-refractivity contribution in [3.05, 3.63) is 42.1 Å². The number of amides is 2. The molecule has 1 atom stereocenters. The third kappa shape index (κ3) is 4.96. The molecule has 1 aromatic carbocycles. The van der Waals surface area contributed by atoms with Crippen molar-refractivity contribution >= 4 is 17.6 Å². The molecule has 134 valence electrons. The van der Waals surface area contributed by atoms with Gasteiger partial charge in [0.2, 0.25) is 5.88 Å². The van der Waals surface area contributed by atoms with E-state index < -0.39 is 0 Å². The van der Waals surface area contributed by atoms with Crippen LogP contribution in [0.2, 0.25) is 0 Å². The molecule has 2 heterocycles. The monoisotopic (exact) mass is 343 g/mol. The van der Waals surface area contributed by atoms with E-state index in [1.165, 1.54) is 5.69 Å². The lowest BCUT2D eigenvalue weighted by Crippen LogP contribution is -2.51. The summed E-state index contributed by atoms with van der Waals surface area (Å²) in [6.07, 6.45) is 0. The van der Waals surface area contributed by atoms with Gasteiger partial charge >= 0.3 is 6.03 Å². The highest BCUT2D eigenvalue weighted by atomic mass is 16.5. The SMILES string of the molecule is Cc1cc(NC(=O)N[C@H](C)CN2CCN(c3ccccc3)CC2)on1. The fourth-order valence-corrected chi connectivity index (χ4v) is 3.05. The van der Waals surface area contributed by atoms with Crippen LogP contribution in [0.5, 0.6) is 0 Å². The predicted octanol–water partition coefficient (Wildman–Crippen LogP) is 2.32. The molecular formula is C18H25N5O2.